The number of rotatable bonds is 5. The van der Waals surface area contributed by atoms with Gasteiger partial charge in [0.15, 0.2) is 0 Å². The second-order valence-electron chi connectivity index (χ2n) is 6.42. The van der Waals surface area contributed by atoms with Crippen LogP contribution >= 0.6 is 11.6 Å². The summed E-state index contributed by atoms with van der Waals surface area (Å²) in [4.78, 5) is 4.85. The molecular weight excluding hydrogens is 375 g/mol. The third-order valence-corrected chi connectivity index (χ3v) is 4.80. The van der Waals surface area contributed by atoms with Gasteiger partial charge in [-0.15, -0.1) is 0 Å². The standard InChI is InChI=1S/C23H18ClFN2O/c1-28-21-12-4-17(5-13-21)22-15-27(20-10-6-18(24)7-11-20)23(26-22)14-16-2-8-19(25)9-3-16/h2-13,15H,14H2,1H3. The fourth-order valence-electron chi connectivity index (χ4n) is 3.05. The lowest BCUT2D eigenvalue weighted by Crippen LogP contribution is -2.01. The lowest BCUT2D eigenvalue weighted by molar-refractivity contribution is 0.415. The molecule has 0 aliphatic carbocycles. The first-order valence-electron chi connectivity index (χ1n) is 8.85. The summed E-state index contributed by atoms with van der Waals surface area (Å²) in [6.07, 6.45) is 2.59. The highest BCUT2D eigenvalue weighted by molar-refractivity contribution is 6.30. The number of ether oxygens (including phenoxy) is 1. The third kappa shape index (κ3) is 3.92. The van der Waals surface area contributed by atoms with E-state index in [1.807, 2.05) is 59.3 Å². The van der Waals surface area contributed by atoms with E-state index in [1.165, 1.54) is 12.1 Å². The number of nitrogens with zero attached hydrogens (tertiary/aromatic N) is 2. The zero-order chi connectivity index (χ0) is 19.5. The molecular formula is C23H18ClFN2O. The molecule has 28 heavy (non-hydrogen) atoms. The Balaban J connectivity index is 1.76. The van der Waals surface area contributed by atoms with Crippen molar-refractivity contribution in [2.45, 2.75) is 6.42 Å². The summed E-state index contributed by atoms with van der Waals surface area (Å²) in [6, 6.07) is 21.9. The molecule has 3 nitrogen and oxygen atoms in total. The van der Waals surface area contributed by atoms with Gasteiger partial charge in [0.2, 0.25) is 0 Å². The summed E-state index contributed by atoms with van der Waals surface area (Å²) in [5, 5.41) is 0.680. The molecule has 0 bridgehead atoms. The Morgan fingerprint density at radius 2 is 1.61 bits per heavy atom. The lowest BCUT2D eigenvalue weighted by atomic mass is 10.1. The van der Waals surface area contributed by atoms with Crippen LogP contribution in [0, 0.1) is 5.82 Å². The smallest absolute Gasteiger partial charge is 0.123 e. The molecule has 0 aliphatic heterocycles. The van der Waals surface area contributed by atoms with Crippen LogP contribution in [0.3, 0.4) is 0 Å². The molecule has 1 aromatic heterocycles. The van der Waals surface area contributed by atoms with Crippen LogP contribution < -0.4 is 4.74 Å². The molecule has 4 aromatic rings. The fourth-order valence-corrected chi connectivity index (χ4v) is 3.18. The van der Waals surface area contributed by atoms with Crippen LogP contribution in [0.15, 0.2) is 79.0 Å². The van der Waals surface area contributed by atoms with Crippen molar-refractivity contribution < 1.29 is 9.13 Å². The number of halogens is 2. The van der Waals surface area contributed by atoms with Crippen molar-refractivity contribution in [1.29, 1.82) is 0 Å². The minimum absolute atomic E-state index is 0.247. The Morgan fingerprint density at radius 1 is 0.929 bits per heavy atom. The monoisotopic (exact) mass is 392 g/mol. The van der Waals surface area contributed by atoms with Gasteiger partial charge >= 0.3 is 0 Å². The van der Waals surface area contributed by atoms with Gasteiger partial charge in [-0.05, 0) is 66.2 Å². The van der Waals surface area contributed by atoms with Crippen LogP contribution in [0.1, 0.15) is 11.4 Å². The van der Waals surface area contributed by atoms with Crippen LogP contribution in [-0.4, -0.2) is 16.7 Å². The Hall–Kier alpha value is -3.11. The van der Waals surface area contributed by atoms with E-state index >= 15 is 0 Å². The summed E-state index contributed by atoms with van der Waals surface area (Å²) in [5.74, 6) is 1.41. The molecule has 5 heteroatoms. The first-order chi connectivity index (χ1) is 13.6. The Bertz CT molecular complexity index is 1070. The summed E-state index contributed by atoms with van der Waals surface area (Å²) in [7, 11) is 1.64. The van der Waals surface area contributed by atoms with E-state index in [1.54, 1.807) is 19.2 Å². The Labute approximate surface area is 168 Å². The highest BCUT2D eigenvalue weighted by Crippen LogP contribution is 2.25. The molecule has 140 valence electrons. The van der Waals surface area contributed by atoms with Crippen molar-refractivity contribution in [3.05, 3.63) is 101 Å². The summed E-state index contributed by atoms with van der Waals surface area (Å²) >= 11 is 6.04. The molecule has 0 aliphatic rings. The molecule has 1 heterocycles. The van der Waals surface area contributed by atoms with Gasteiger partial charge in [-0.3, -0.25) is 0 Å². The van der Waals surface area contributed by atoms with Gasteiger partial charge < -0.3 is 9.30 Å². The fraction of sp³-hybridized carbons (Fsp3) is 0.0870. The molecule has 0 saturated heterocycles. The van der Waals surface area contributed by atoms with Crippen LogP contribution in [0.2, 0.25) is 5.02 Å². The van der Waals surface area contributed by atoms with Gasteiger partial charge in [0.05, 0.1) is 12.8 Å². The highest BCUT2D eigenvalue weighted by Gasteiger charge is 2.12. The van der Waals surface area contributed by atoms with E-state index in [9.17, 15) is 4.39 Å². The molecule has 0 unspecified atom stereocenters. The maximum absolute atomic E-state index is 13.3. The maximum atomic E-state index is 13.3. The number of benzene rings is 3. The number of imidazole rings is 1. The molecule has 0 spiro atoms. The SMILES string of the molecule is COc1ccc(-c2cn(-c3ccc(Cl)cc3)c(Cc3ccc(F)cc3)n2)cc1. The second-order valence-corrected chi connectivity index (χ2v) is 6.86. The normalized spacial score (nSPS) is 10.8. The largest absolute Gasteiger partial charge is 0.497 e. The number of aromatic nitrogens is 2. The van der Waals surface area contributed by atoms with Crippen LogP contribution in [0.25, 0.3) is 16.9 Å². The second kappa shape index (κ2) is 7.87. The zero-order valence-corrected chi connectivity index (χ0v) is 16.0. The molecule has 0 radical (unpaired) electrons. The van der Waals surface area contributed by atoms with Crippen LogP contribution in [0.5, 0.6) is 5.75 Å². The van der Waals surface area contributed by atoms with Crippen molar-refractivity contribution >= 4 is 11.6 Å². The van der Waals surface area contributed by atoms with Gasteiger partial charge in [-0.1, -0.05) is 23.7 Å². The number of hydrogen-bond donors (Lipinski definition) is 0. The van der Waals surface area contributed by atoms with Crippen molar-refractivity contribution in [2.24, 2.45) is 0 Å². The average Bonchev–Trinajstić information content (AvgIpc) is 3.14. The molecule has 0 N–H and O–H groups in total. The van der Waals surface area contributed by atoms with Crippen molar-refractivity contribution in [3.63, 3.8) is 0 Å². The molecule has 0 atom stereocenters. The van der Waals surface area contributed by atoms with Crippen LogP contribution in [-0.2, 0) is 6.42 Å². The minimum Gasteiger partial charge on any atom is -0.497 e. The molecule has 0 fully saturated rings. The van der Waals surface area contributed by atoms with Crippen molar-refractivity contribution in [3.8, 4) is 22.7 Å². The van der Waals surface area contributed by atoms with E-state index in [0.29, 0.717) is 11.4 Å². The van der Waals surface area contributed by atoms with Gasteiger partial charge in [0.1, 0.15) is 17.4 Å². The molecule has 0 amide bonds. The van der Waals surface area contributed by atoms with E-state index < -0.39 is 0 Å². The van der Waals surface area contributed by atoms with E-state index in [0.717, 1.165) is 34.1 Å². The van der Waals surface area contributed by atoms with E-state index in [-0.39, 0.29) is 5.82 Å². The first-order valence-corrected chi connectivity index (χ1v) is 9.23. The van der Waals surface area contributed by atoms with Crippen molar-refractivity contribution in [2.75, 3.05) is 7.11 Å². The molecule has 4 rings (SSSR count). The number of hydrogen-bond acceptors (Lipinski definition) is 2. The summed E-state index contributed by atoms with van der Waals surface area (Å²) < 4.78 is 20.5. The predicted octanol–water partition coefficient (Wildman–Crippen LogP) is 5.93. The topological polar surface area (TPSA) is 27.1 Å². The average molecular weight is 393 g/mol. The Kier molecular flexibility index (Phi) is 5.13. The number of methoxy groups -OCH3 is 1. The van der Waals surface area contributed by atoms with E-state index in [2.05, 4.69) is 0 Å². The van der Waals surface area contributed by atoms with Crippen LogP contribution in [0.4, 0.5) is 4.39 Å². The van der Waals surface area contributed by atoms with Gasteiger partial charge in [-0.25, -0.2) is 9.37 Å². The summed E-state index contributed by atoms with van der Waals surface area (Å²) in [5.41, 5.74) is 3.81. The quantitative estimate of drug-likeness (QED) is 0.421. The maximum Gasteiger partial charge on any atom is 0.123 e. The van der Waals surface area contributed by atoms with Gasteiger partial charge in [0.25, 0.3) is 0 Å². The van der Waals surface area contributed by atoms with Crippen molar-refractivity contribution in [1.82, 2.24) is 9.55 Å². The minimum atomic E-state index is -0.247. The molecule has 3 aromatic carbocycles. The summed E-state index contributed by atoms with van der Waals surface area (Å²) in [6.45, 7) is 0. The third-order valence-electron chi connectivity index (χ3n) is 4.55. The lowest BCUT2D eigenvalue weighted by Gasteiger charge is -2.08. The van der Waals surface area contributed by atoms with E-state index in [4.69, 9.17) is 21.3 Å². The van der Waals surface area contributed by atoms with Gasteiger partial charge in [-0.2, -0.15) is 0 Å². The van der Waals surface area contributed by atoms with Gasteiger partial charge in [0, 0.05) is 28.9 Å². The first kappa shape index (κ1) is 18.3. The zero-order valence-electron chi connectivity index (χ0n) is 15.3. The molecule has 0 saturated carbocycles. The predicted molar refractivity (Wildman–Crippen MR) is 110 cm³/mol. The Morgan fingerprint density at radius 3 is 2.25 bits per heavy atom. The highest BCUT2D eigenvalue weighted by atomic mass is 35.5.